The summed E-state index contributed by atoms with van der Waals surface area (Å²) in [5, 5.41) is 28.0. The average Bonchev–Trinajstić information content (AvgIpc) is 2.93. The first kappa shape index (κ1) is 19.9. The fourth-order valence-electron chi connectivity index (χ4n) is 2.75. The second-order valence-electron chi connectivity index (χ2n) is 6.52. The van der Waals surface area contributed by atoms with Crippen LogP contribution in [0.25, 0.3) is 0 Å². The number of aliphatic hydroxyl groups excluding tert-OH is 2. The van der Waals surface area contributed by atoms with E-state index in [1.165, 1.54) is 23.1 Å². The summed E-state index contributed by atoms with van der Waals surface area (Å²) in [6.45, 7) is 2.98. The molecule has 1 aliphatic heterocycles. The number of amides is 1. The fraction of sp³-hybridized carbons (Fsp3) is 0.444. The van der Waals surface area contributed by atoms with Crippen molar-refractivity contribution in [3.8, 4) is 5.75 Å². The molecule has 1 unspecified atom stereocenters. The van der Waals surface area contributed by atoms with Gasteiger partial charge in [-0.15, -0.1) is 0 Å². The molecule has 0 spiro atoms. The van der Waals surface area contributed by atoms with Gasteiger partial charge in [0.15, 0.2) is 11.6 Å². The van der Waals surface area contributed by atoms with Gasteiger partial charge in [-0.05, 0) is 18.4 Å². The Balaban J connectivity index is 2.16. The van der Waals surface area contributed by atoms with Crippen molar-refractivity contribution in [2.75, 3.05) is 13.2 Å². The predicted molar refractivity (Wildman–Crippen MR) is 89.7 cm³/mol. The predicted octanol–water partition coefficient (Wildman–Crippen LogP) is 1.46. The van der Waals surface area contributed by atoms with Gasteiger partial charge in [-0.2, -0.15) is 0 Å². The monoisotopic (exact) mass is 367 g/mol. The summed E-state index contributed by atoms with van der Waals surface area (Å²) in [5.74, 6) is -2.51. The highest BCUT2D eigenvalue weighted by Gasteiger charge is 2.34. The van der Waals surface area contributed by atoms with Crippen molar-refractivity contribution >= 4 is 11.9 Å². The standard InChI is InChI=1S/C18H22FNO6/c1-10(2)6-13(18(24)25)20-8-11(7-16(20)23)26-15-5-3-4-12(17(15)19)14(22)9-21/h3-5,7,10,13-14,21-22H,6,8-9H2,1-2H3,(H,24,25)/t13-,14?/m0/s1. The highest BCUT2D eigenvalue weighted by molar-refractivity contribution is 5.94. The van der Waals surface area contributed by atoms with Crippen LogP contribution >= 0.6 is 0 Å². The molecule has 2 rings (SSSR count). The average molecular weight is 367 g/mol. The number of carbonyl (C=O) groups is 2. The summed E-state index contributed by atoms with van der Waals surface area (Å²) in [6, 6.07) is 3.08. The zero-order valence-electron chi connectivity index (χ0n) is 14.6. The number of carbonyl (C=O) groups excluding carboxylic acids is 1. The molecule has 26 heavy (non-hydrogen) atoms. The molecule has 142 valence electrons. The SMILES string of the molecule is CC(C)C[C@@H](C(=O)O)N1CC(Oc2cccc(C(O)CO)c2F)=CC1=O. The molecule has 7 nitrogen and oxygen atoms in total. The molecule has 2 atom stereocenters. The number of carboxylic acids is 1. The lowest BCUT2D eigenvalue weighted by Crippen LogP contribution is -2.43. The molecule has 8 heteroatoms. The van der Waals surface area contributed by atoms with E-state index >= 15 is 0 Å². The largest absolute Gasteiger partial charge is 0.480 e. The van der Waals surface area contributed by atoms with E-state index in [9.17, 15) is 24.2 Å². The summed E-state index contributed by atoms with van der Waals surface area (Å²) >= 11 is 0. The van der Waals surface area contributed by atoms with Gasteiger partial charge in [-0.1, -0.05) is 26.0 Å². The Morgan fingerprint density at radius 3 is 2.65 bits per heavy atom. The summed E-state index contributed by atoms with van der Waals surface area (Å²) < 4.78 is 19.8. The molecular formula is C18H22FNO6. The first-order chi connectivity index (χ1) is 12.2. The fourth-order valence-corrected chi connectivity index (χ4v) is 2.75. The molecule has 0 bridgehead atoms. The van der Waals surface area contributed by atoms with Crippen molar-refractivity contribution in [3.63, 3.8) is 0 Å². The minimum Gasteiger partial charge on any atom is -0.480 e. The number of hydrogen-bond donors (Lipinski definition) is 3. The van der Waals surface area contributed by atoms with Gasteiger partial charge in [-0.25, -0.2) is 9.18 Å². The maximum Gasteiger partial charge on any atom is 0.326 e. The van der Waals surface area contributed by atoms with Crippen LogP contribution < -0.4 is 4.74 Å². The lowest BCUT2D eigenvalue weighted by atomic mass is 10.0. The van der Waals surface area contributed by atoms with Crippen molar-refractivity contribution in [1.29, 1.82) is 0 Å². The van der Waals surface area contributed by atoms with Crippen LogP contribution in [0, 0.1) is 11.7 Å². The molecule has 1 aliphatic rings. The van der Waals surface area contributed by atoms with E-state index < -0.39 is 36.4 Å². The third kappa shape index (κ3) is 4.39. The maximum absolute atomic E-state index is 14.4. The normalized spacial score (nSPS) is 16.6. The topological polar surface area (TPSA) is 107 Å². The second kappa shape index (κ2) is 8.29. The van der Waals surface area contributed by atoms with Gasteiger partial charge >= 0.3 is 5.97 Å². The van der Waals surface area contributed by atoms with Crippen molar-refractivity contribution in [1.82, 2.24) is 4.90 Å². The first-order valence-electron chi connectivity index (χ1n) is 8.23. The first-order valence-corrected chi connectivity index (χ1v) is 8.23. The van der Waals surface area contributed by atoms with Gasteiger partial charge in [-0.3, -0.25) is 4.79 Å². The smallest absolute Gasteiger partial charge is 0.326 e. The molecule has 0 aromatic heterocycles. The molecule has 3 N–H and O–H groups in total. The molecule has 1 aromatic carbocycles. The highest BCUT2D eigenvalue weighted by Crippen LogP contribution is 2.28. The molecule has 0 saturated carbocycles. The minimum absolute atomic E-state index is 0.0722. The van der Waals surface area contributed by atoms with Crippen LogP contribution in [0.3, 0.4) is 0 Å². The van der Waals surface area contributed by atoms with Crippen LogP contribution in [-0.4, -0.2) is 51.3 Å². The van der Waals surface area contributed by atoms with E-state index in [1.54, 1.807) is 0 Å². The van der Waals surface area contributed by atoms with Crippen molar-refractivity contribution < 1.29 is 34.0 Å². The molecule has 0 fully saturated rings. The van der Waals surface area contributed by atoms with E-state index in [0.717, 1.165) is 6.08 Å². The Kier molecular flexibility index (Phi) is 6.33. The molecule has 0 aliphatic carbocycles. The third-order valence-corrected chi connectivity index (χ3v) is 4.02. The number of halogens is 1. The Bertz CT molecular complexity index is 718. The number of carboxylic acid groups (broad SMARTS) is 1. The number of nitrogens with zero attached hydrogens (tertiary/aromatic N) is 1. The Morgan fingerprint density at radius 1 is 1.38 bits per heavy atom. The molecule has 0 radical (unpaired) electrons. The van der Waals surface area contributed by atoms with Gasteiger partial charge in [0.05, 0.1) is 13.2 Å². The van der Waals surface area contributed by atoms with Gasteiger partial charge in [0, 0.05) is 11.6 Å². The van der Waals surface area contributed by atoms with Crippen molar-refractivity contribution in [2.45, 2.75) is 32.4 Å². The van der Waals surface area contributed by atoms with Crippen LogP contribution in [0.15, 0.2) is 30.0 Å². The lowest BCUT2D eigenvalue weighted by Gasteiger charge is -2.25. The molecule has 1 amide bonds. The van der Waals surface area contributed by atoms with E-state index in [2.05, 4.69) is 0 Å². The van der Waals surface area contributed by atoms with Crippen molar-refractivity contribution in [2.24, 2.45) is 5.92 Å². The minimum atomic E-state index is -1.39. The molecule has 1 aromatic rings. The summed E-state index contributed by atoms with van der Waals surface area (Å²) in [4.78, 5) is 24.8. The van der Waals surface area contributed by atoms with Crippen LogP contribution in [0.5, 0.6) is 5.75 Å². The summed E-state index contributed by atoms with van der Waals surface area (Å²) in [6.07, 6.45) is 0.0243. The number of rotatable bonds is 8. The van der Waals surface area contributed by atoms with Gasteiger partial charge in [0.1, 0.15) is 17.9 Å². The van der Waals surface area contributed by atoms with Crippen molar-refractivity contribution in [3.05, 3.63) is 41.4 Å². The van der Waals surface area contributed by atoms with E-state index in [0.29, 0.717) is 0 Å². The van der Waals surface area contributed by atoms with Gasteiger partial charge < -0.3 is 25.0 Å². The number of hydrogen-bond acceptors (Lipinski definition) is 5. The third-order valence-electron chi connectivity index (χ3n) is 4.02. The zero-order chi connectivity index (χ0) is 19.4. The Morgan fingerprint density at radius 2 is 2.08 bits per heavy atom. The number of aliphatic carboxylic acids is 1. The van der Waals surface area contributed by atoms with Crippen LogP contribution in [0.2, 0.25) is 0 Å². The van der Waals surface area contributed by atoms with E-state index in [4.69, 9.17) is 9.84 Å². The Labute approximate surface area is 150 Å². The van der Waals surface area contributed by atoms with E-state index in [-0.39, 0.29) is 36.0 Å². The highest BCUT2D eigenvalue weighted by atomic mass is 19.1. The summed E-state index contributed by atoms with van der Waals surface area (Å²) in [7, 11) is 0. The maximum atomic E-state index is 14.4. The Hall–Kier alpha value is -2.45. The zero-order valence-corrected chi connectivity index (χ0v) is 14.6. The number of aliphatic hydroxyl groups is 2. The number of ether oxygens (including phenoxy) is 1. The summed E-state index contributed by atoms with van der Waals surface area (Å²) in [5.41, 5.74) is -0.130. The number of benzene rings is 1. The van der Waals surface area contributed by atoms with E-state index in [1.807, 2.05) is 13.8 Å². The molecular weight excluding hydrogens is 345 g/mol. The molecule has 0 saturated heterocycles. The van der Waals surface area contributed by atoms with Crippen LogP contribution in [0.1, 0.15) is 31.9 Å². The molecule has 1 heterocycles. The van der Waals surface area contributed by atoms with Crippen LogP contribution in [-0.2, 0) is 9.59 Å². The van der Waals surface area contributed by atoms with Gasteiger partial charge in [0.25, 0.3) is 5.91 Å². The van der Waals surface area contributed by atoms with Crippen LogP contribution in [0.4, 0.5) is 4.39 Å². The second-order valence-corrected chi connectivity index (χ2v) is 6.52. The van der Waals surface area contributed by atoms with Gasteiger partial charge in [0.2, 0.25) is 0 Å². The quantitative estimate of drug-likeness (QED) is 0.642. The lowest BCUT2D eigenvalue weighted by molar-refractivity contribution is -0.148.